The summed E-state index contributed by atoms with van der Waals surface area (Å²) in [5, 5.41) is 3.57. The van der Waals surface area contributed by atoms with E-state index >= 15 is 0 Å². The zero-order chi connectivity index (χ0) is 11.8. The van der Waals surface area contributed by atoms with Crippen molar-refractivity contribution in [2.45, 2.75) is 30.1 Å². The fourth-order valence-electron chi connectivity index (χ4n) is 2.24. The van der Waals surface area contributed by atoms with E-state index in [2.05, 4.69) is 55.6 Å². The zero-order valence-electron chi connectivity index (χ0n) is 10.1. The van der Waals surface area contributed by atoms with Crippen molar-refractivity contribution in [2.75, 3.05) is 5.32 Å². The van der Waals surface area contributed by atoms with E-state index in [1.165, 1.54) is 32.3 Å². The average molecular weight is 241 g/mol. The number of nitrogens with one attached hydrogen (secondary N) is 1. The van der Waals surface area contributed by atoms with Crippen LogP contribution in [0.1, 0.15) is 18.1 Å². The number of hydrogen-bond acceptors (Lipinski definition) is 2. The second-order valence-electron chi connectivity index (χ2n) is 4.37. The first-order chi connectivity index (χ1) is 8.28. The number of benzene rings is 2. The Hall–Kier alpha value is -1.41. The van der Waals surface area contributed by atoms with Crippen LogP contribution in [0.25, 0.3) is 0 Å². The number of anilines is 2. The Bertz CT molecular complexity index is 575. The average Bonchev–Trinajstić information content (AvgIpc) is 2.35. The third-order valence-electron chi connectivity index (χ3n) is 3.08. The molecule has 2 aromatic carbocycles. The molecule has 0 atom stereocenters. The van der Waals surface area contributed by atoms with E-state index in [1.807, 2.05) is 11.8 Å². The van der Waals surface area contributed by atoms with Gasteiger partial charge in [-0.1, -0.05) is 36.9 Å². The summed E-state index contributed by atoms with van der Waals surface area (Å²) >= 11 is 1.86. The molecule has 86 valence electrons. The van der Waals surface area contributed by atoms with Gasteiger partial charge in [0.25, 0.3) is 0 Å². The molecule has 0 radical (unpaired) electrons. The first kappa shape index (κ1) is 10.7. The molecule has 1 aliphatic rings. The molecule has 0 bridgehead atoms. The molecule has 0 fully saturated rings. The van der Waals surface area contributed by atoms with Crippen molar-refractivity contribution in [3.63, 3.8) is 0 Å². The molecule has 0 aromatic heterocycles. The molecule has 3 rings (SSSR count). The van der Waals surface area contributed by atoms with Gasteiger partial charge in [-0.3, -0.25) is 0 Å². The Labute approximate surface area is 106 Å². The van der Waals surface area contributed by atoms with Crippen molar-refractivity contribution >= 4 is 23.1 Å². The van der Waals surface area contributed by atoms with E-state index in [0.29, 0.717) is 0 Å². The molecule has 0 unspecified atom stereocenters. The fraction of sp³-hybridized carbons (Fsp3) is 0.200. The molecule has 1 nitrogen and oxygen atoms in total. The van der Waals surface area contributed by atoms with Crippen molar-refractivity contribution in [2.24, 2.45) is 0 Å². The maximum atomic E-state index is 3.57. The minimum Gasteiger partial charge on any atom is -0.353 e. The van der Waals surface area contributed by atoms with Gasteiger partial charge in [0.2, 0.25) is 0 Å². The SMILES string of the molecule is CCc1cc(C)cc2c1Nc1ccccc1S2. The number of hydrogen-bond donors (Lipinski definition) is 1. The molecule has 1 N–H and O–H groups in total. The van der Waals surface area contributed by atoms with Gasteiger partial charge in [0.15, 0.2) is 0 Å². The maximum Gasteiger partial charge on any atom is 0.0558 e. The third-order valence-corrected chi connectivity index (χ3v) is 4.19. The Morgan fingerprint density at radius 2 is 1.94 bits per heavy atom. The molecule has 17 heavy (non-hydrogen) atoms. The standard InChI is InChI=1S/C15H15NS/c1-3-11-8-10(2)9-14-15(11)16-12-6-4-5-7-13(12)17-14/h4-9,16H,3H2,1-2H3. The Morgan fingerprint density at radius 1 is 1.12 bits per heavy atom. The third kappa shape index (κ3) is 1.83. The van der Waals surface area contributed by atoms with Crippen LogP contribution in [0.2, 0.25) is 0 Å². The van der Waals surface area contributed by atoms with Gasteiger partial charge in [-0.15, -0.1) is 0 Å². The number of rotatable bonds is 1. The number of para-hydroxylation sites is 1. The predicted molar refractivity (Wildman–Crippen MR) is 74.4 cm³/mol. The van der Waals surface area contributed by atoms with Crippen LogP contribution in [0, 0.1) is 6.92 Å². The summed E-state index contributed by atoms with van der Waals surface area (Å²) in [5.74, 6) is 0. The molecule has 0 saturated carbocycles. The van der Waals surface area contributed by atoms with Crippen molar-refractivity contribution in [3.05, 3.63) is 47.5 Å². The lowest BCUT2D eigenvalue weighted by atomic mass is 10.1. The van der Waals surface area contributed by atoms with E-state index in [-0.39, 0.29) is 0 Å². The highest BCUT2D eigenvalue weighted by atomic mass is 32.2. The van der Waals surface area contributed by atoms with Crippen LogP contribution in [0.3, 0.4) is 0 Å². The van der Waals surface area contributed by atoms with Gasteiger partial charge in [-0.2, -0.15) is 0 Å². The highest BCUT2D eigenvalue weighted by molar-refractivity contribution is 7.99. The lowest BCUT2D eigenvalue weighted by Crippen LogP contribution is -2.03. The normalized spacial score (nSPS) is 12.6. The van der Waals surface area contributed by atoms with Gasteiger partial charge in [-0.05, 0) is 42.7 Å². The van der Waals surface area contributed by atoms with Crippen molar-refractivity contribution < 1.29 is 0 Å². The Kier molecular flexibility index (Phi) is 2.60. The summed E-state index contributed by atoms with van der Waals surface area (Å²) in [6.07, 6.45) is 1.07. The first-order valence-electron chi connectivity index (χ1n) is 5.95. The lowest BCUT2D eigenvalue weighted by Gasteiger charge is -2.23. The monoisotopic (exact) mass is 241 g/mol. The molecule has 2 aromatic rings. The van der Waals surface area contributed by atoms with Crippen LogP contribution < -0.4 is 5.32 Å². The van der Waals surface area contributed by atoms with E-state index in [0.717, 1.165) is 6.42 Å². The number of aryl methyl sites for hydroxylation is 2. The Balaban J connectivity index is 2.14. The molecule has 2 heteroatoms. The maximum absolute atomic E-state index is 3.57. The summed E-state index contributed by atoms with van der Waals surface area (Å²) in [5.41, 5.74) is 5.27. The molecule has 1 aliphatic heterocycles. The van der Waals surface area contributed by atoms with E-state index in [9.17, 15) is 0 Å². The minimum absolute atomic E-state index is 1.07. The smallest absolute Gasteiger partial charge is 0.0558 e. The van der Waals surface area contributed by atoms with Crippen LogP contribution in [-0.4, -0.2) is 0 Å². The minimum atomic E-state index is 1.07. The molecule has 0 saturated heterocycles. The molecule has 0 aliphatic carbocycles. The fourth-order valence-corrected chi connectivity index (χ4v) is 3.38. The molecule has 0 spiro atoms. The summed E-state index contributed by atoms with van der Waals surface area (Å²) in [6, 6.07) is 13.0. The predicted octanol–water partition coefficient (Wildman–Crippen LogP) is 4.77. The molecular formula is C15H15NS. The molecule has 0 amide bonds. The summed E-state index contributed by atoms with van der Waals surface area (Å²) in [7, 11) is 0. The largest absolute Gasteiger partial charge is 0.353 e. The van der Waals surface area contributed by atoms with E-state index < -0.39 is 0 Å². The van der Waals surface area contributed by atoms with Gasteiger partial charge in [0.05, 0.1) is 11.4 Å². The van der Waals surface area contributed by atoms with Crippen LogP contribution in [0.4, 0.5) is 11.4 Å². The van der Waals surface area contributed by atoms with Crippen molar-refractivity contribution in [1.82, 2.24) is 0 Å². The van der Waals surface area contributed by atoms with Gasteiger partial charge in [0.1, 0.15) is 0 Å². The highest BCUT2D eigenvalue weighted by Crippen LogP contribution is 2.45. The topological polar surface area (TPSA) is 12.0 Å². The van der Waals surface area contributed by atoms with E-state index in [4.69, 9.17) is 0 Å². The quantitative estimate of drug-likeness (QED) is 0.659. The van der Waals surface area contributed by atoms with Crippen LogP contribution in [0.15, 0.2) is 46.2 Å². The van der Waals surface area contributed by atoms with Gasteiger partial charge in [0, 0.05) is 9.79 Å². The van der Waals surface area contributed by atoms with Gasteiger partial charge >= 0.3 is 0 Å². The summed E-state index contributed by atoms with van der Waals surface area (Å²) in [4.78, 5) is 2.66. The van der Waals surface area contributed by atoms with Gasteiger partial charge < -0.3 is 5.32 Å². The number of fused-ring (bicyclic) bond motifs is 2. The van der Waals surface area contributed by atoms with Crippen LogP contribution in [0.5, 0.6) is 0 Å². The second kappa shape index (κ2) is 4.11. The summed E-state index contributed by atoms with van der Waals surface area (Å²) in [6.45, 7) is 4.38. The van der Waals surface area contributed by atoms with Crippen molar-refractivity contribution in [3.8, 4) is 0 Å². The Morgan fingerprint density at radius 3 is 2.76 bits per heavy atom. The van der Waals surface area contributed by atoms with Crippen LogP contribution in [-0.2, 0) is 6.42 Å². The second-order valence-corrected chi connectivity index (χ2v) is 5.46. The highest BCUT2D eigenvalue weighted by Gasteiger charge is 2.17. The van der Waals surface area contributed by atoms with Crippen molar-refractivity contribution in [1.29, 1.82) is 0 Å². The van der Waals surface area contributed by atoms with E-state index in [1.54, 1.807) is 0 Å². The molecule has 1 heterocycles. The summed E-state index contributed by atoms with van der Waals surface area (Å²) < 4.78 is 0. The first-order valence-corrected chi connectivity index (χ1v) is 6.77. The zero-order valence-corrected chi connectivity index (χ0v) is 10.9. The van der Waals surface area contributed by atoms with Crippen LogP contribution >= 0.6 is 11.8 Å². The van der Waals surface area contributed by atoms with Gasteiger partial charge in [-0.25, -0.2) is 0 Å². The molecular weight excluding hydrogens is 226 g/mol. The lowest BCUT2D eigenvalue weighted by molar-refractivity contribution is 1.11.